The van der Waals surface area contributed by atoms with Crippen LogP contribution in [0.5, 0.6) is 0 Å². The SMILES string of the molecule is C=CCN1C(=O)/C(=C/c2ccc3oc(C(=O)c4ccc(Cl)cc4)cc3c2)C(=O)NC1=S. The second-order valence-corrected chi connectivity index (χ2v) is 7.59. The summed E-state index contributed by atoms with van der Waals surface area (Å²) < 4.78 is 5.68. The molecule has 1 fully saturated rings. The van der Waals surface area contributed by atoms with E-state index in [4.69, 9.17) is 28.2 Å². The number of carbonyl (C=O) groups is 3. The number of thiocarbonyl (C=S) groups is 1. The molecule has 0 atom stereocenters. The van der Waals surface area contributed by atoms with Crippen LogP contribution in [-0.2, 0) is 9.59 Å². The van der Waals surface area contributed by atoms with Crippen molar-refractivity contribution < 1.29 is 18.8 Å². The van der Waals surface area contributed by atoms with Gasteiger partial charge in [0.05, 0.1) is 0 Å². The molecule has 6 nitrogen and oxygen atoms in total. The lowest BCUT2D eigenvalue weighted by Gasteiger charge is -2.27. The topological polar surface area (TPSA) is 79.6 Å². The Hall–Kier alpha value is -3.55. The molecule has 0 aliphatic carbocycles. The number of carbonyl (C=O) groups excluding carboxylic acids is 3. The first kappa shape index (κ1) is 20.7. The van der Waals surface area contributed by atoms with Gasteiger partial charge in [0.25, 0.3) is 11.8 Å². The maximum atomic E-state index is 12.7. The van der Waals surface area contributed by atoms with E-state index in [-0.39, 0.29) is 28.8 Å². The number of furan rings is 1. The maximum Gasteiger partial charge on any atom is 0.265 e. The zero-order valence-corrected chi connectivity index (χ0v) is 17.6. The minimum Gasteiger partial charge on any atom is -0.453 e. The van der Waals surface area contributed by atoms with E-state index in [0.29, 0.717) is 27.1 Å². The Morgan fingerprint density at radius 2 is 1.90 bits per heavy atom. The van der Waals surface area contributed by atoms with E-state index in [1.165, 1.54) is 17.1 Å². The molecule has 1 aliphatic heterocycles. The number of rotatable bonds is 5. The van der Waals surface area contributed by atoms with Gasteiger partial charge in [-0.05, 0) is 66.3 Å². The molecule has 0 saturated carbocycles. The van der Waals surface area contributed by atoms with Gasteiger partial charge in [-0.25, -0.2) is 0 Å². The Morgan fingerprint density at radius 3 is 2.61 bits per heavy atom. The summed E-state index contributed by atoms with van der Waals surface area (Å²) in [5, 5.41) is 3.74. The predicted octanol–water partition coefficient (Wildman–Crippen LogP) is 4.13. The van der Waals surface area contributed by atoms with Crippen molar-refractivity contribution in [3.63, 3.8) is 0 Å². The highest BCUT2D eigenvalue weighted by molar-refractivity contribution is 7.80. The van der Waals surface area contributed by atoms with Crippen LogP contribution in [0.2, 0.25) is 5.02 Å². The number of nitrogens with zero attached hydrogens (tertiary/aromatic N) is 1. The molecule has 1 N–H and O–H groups in total. The lowest BCUT2D eigenvalue weighted by molar-refractivity contribution is -0.128. The van der Waals surface area contributed by atoms with Gasteiger partial charge in [0.15, 0.2) is 10.9 Å². The highest BCUT2D eigenvalue weighted by atomic mass is 35.5. The standard InChI is InChI=1S/C23H15ClN2O4S/c1-2-9-26-22(29)17(21(28)25-23(26)31)11-13-3-8-18-15(10-13)12-19(30-18)20(27)14-4-6-16(24)7-5-14/h2-8,10-12H,1,9H2,(H,25,28,31)/b17-11+. The quantitative estimate of drug-likeness (QED) is 0.208. The van der Waals surface area contributed by atoms with Gasteiger partial charge >= 0.3 is 0 Å². The Morgan fingerprint density at radius 1 is 1.16 bits per heavy atom. The smallest absolute Gasteiger partial charge is 0.265 e. The number of hydrogen-bond acceptors (Lipinski definition) is 5. The average Bonchev–Trinajstić information content (AvgIpc) is 3.17. The summed E-state index contributed by atoms with van der Waals surface area (Å²) in [4.78, 5) is 38.9. The zero-order valence-electron chi connectivity index (χ0n) is 16.1. The minimum absolute atomic E-state index is 0.0442. The van der Waals surface area contributed by atoms with Crippen molar-refractivity contribution in [1.82, 2.24) is 10.2 Å². The molecule has 1 aliphatic rings. The molecule has 154 valence electrons. The third-order valence-electron chi connectivity index (χ3n) is 4.68. The first-order chi connectivity index (χ1) is 14.9. The van der Waals surface area contributed by atoms with Gasteiger partial charge in [0, 0.05) is 22.5 Å². The first-order valence-corrected chi connectivity index (χ1v) is 9.99. The van der Waals surface area contributed by atoms with Gasteiger partial charge < -0.3 is 4.42 Å². The monoisotopic (exact) mass is 450 g/mol. The normalized spacial score (nSPS) is 15.5. The molecule has 4 rings (SSSR count). The van der Waals surface area contributed by atoms with Crippen LogP contribution in [0.1, 0.15) is 21.7 Å². The van der Waals surface area contributed by atoms with Crippen LogP contribution in [0.4, 0.5) is 0 Å². The zero-order chi connectivity index (χ0) is 22.1. The lowest BCUT2D eigenvalue weighted by Crippen LogP contribution is -2.53. The number of halogens is 1. The van der Waals surface area contributed by atoms with Gasteiger partial charge in [-0.1, -0.05) is 23.7 Å². The van der Waals surface area contributed by atoms with Crippen LogP contribution in [0.15, 0.2) is 71.2 Å². The van der Waals surface area contributed by atoms with E-state index >= 15 is 0 Å². The molecule has 1 saturated heterocycles. The van der Waals surface area contributed by atoms with Gasteiger partial charge in [0.2, 0.25) is 5.78 Å². The molecular formula is C23H15ClN2O4S. The Kier molecular flexibility index (Phi) is 5.54. The summed E-state index contributed by atoms with van der Waals surface area (Å²) in [6.45, 7) is 3.79. The second kappa shape index (κ2) is 8.29. The van der Waals surface area contributed by atoms with E-state index < -0.39 is 11.8 Å². The van der Waals surface area contributed by atoms with E-state index in [0.717, 1.165) is 0 Å². The number of benzene rings is 2. The summed E-state index contributed by atoms with van der Waals surface area (Å²) in [7, 11) is 0. The number of nitrogens with one attached hydrogen (secondary N) is 1. The molecule has 2 aromatic carbocycles. The molecule has 2 heterocycles. The third-order valence-corrected chi connectivity index (χ3v) is 5.25. The van der Waals surface area contributed by atoms with Crippen molar-refractivity contribution in [3.05, 3.63) is 88.7 Å². The molecule has 0 radical (unpaired) electrons. The van der Waals surface area contributed by atoms with E-state index in [1.807, 2.05) is 0 Å². The molecule has 1 aromatic heterocycles. The van der Waals surface area contributed by atoms with Crippen LogP contribution in [-0.4, -0.2) is 34.2 Å². The van der Waals surface area contributed by atoms with Gasteiger partial charge in [-0.3, -0.25) is 24.6 Å². The number of hydrogen-bond donors (Lipinski definition) is 1. The van der Waals surface area contributed by atoms with Crippen molar-refractivity contribution in [1.29, 1.82) is 0 Å². The van der Waals surface area contributed by atoms with Crippen LogP contribution < -0.4 is 5.32 Å². The van der Waals surface area contributed by atoms with E-state index in [2.05, 4.69) is 11.9 Å². The molecular weight excluding hydrogens is 436 g/mol. The Bertz CT molecular complexity index is 1290. The summed E-state index contributed by atoms with van der Waals surface area (Å²) in [6.07, 6.45) is 3.00. The highest BCUT2D eigenvalue weighted by Gasteiger charge is 2.32. The van der Waals surface area contributed by atoms with Crippen molar-refractivity contribution >= 4 is 63.6 Å². The predicted molar refractivity (Wildman–Crippen MR) is 122 cm³/mol. The van der Waals surface area contributed by atoms with Crippen LogP contribution in [0.25, 0.3) is 17.0 Å². The van der Waals surface area contributed by atoms with E-state index in [9.17, 15) is 14.4 Å². The maximum absolute atomic E-state index is 12.7. The van der Waals surface area contributed by atoms with Gasteiger partial charge in [-0.15, -0.1) is 6.58 Å². The molecule has 3 aromatic rings. The highest BCUT2D eigenvalue weighted by Crippen LogP contribution is 2.25. The summed E-state index contributed by atoms with van der Waals surface area (Å²) in [5.41, 5.74) is 1.52. The van der Waals surface area contributed by atoms with Gasteiger partial charge in [0.1, 0.15) is 11.2 Å². The number of ketones is 1. The summed E-state index contributed by atoms with van der Waals surface area (Å²) in [6, 6.07) is 13.2. The molecule has 8 heteroatoms. The lowest BCUT2D eigenvalue weighted by atomic mass is 10.1. The fraction of sp³-hybridized carbons (Fsp3) is 0.0435. The second-order valence-electron chi connectivity index (χ2n) is 6.77. The van der Waals surface area contributed by atoms with Crippen molar-refractivity contribution in [2.75, 3.05) is 6.54 Å². The fourth-order valence-corrected chi connectivity index (χ4v) is 3.54. The van der Waals surface area contributed by atoms with Crippen LogP contribution >= 0.6 is 23.8 Å². The number of amides is 2. The molecule has 31 heavy (non-hydrogen) atoms. The number of fused-ring (bicyclic) bond motifs is 1. The average molecular weight is 451 g/mol. The minimum atomic E-state index is -0.568. The van der Waals surface area contributed by atoms with Crippen LogP contribution in [0.3, 0.4) is 0 Å². The van der Waals surface area contributed by atoms with Crippen molar-refractivity contribution in [3.8, 4) is 0 Å². The largest absolute Gasteiger partial charge is 0.453 e. The molecule has 0 spiro atoms. The molecule has 0 unspecified atom stereocenters. The Labute approximate surface area is 187 Å². The molecule has 0 bridgehead atoms. The Balaban J connectivity index is 1.66. The van der Waals surface area contributed by atoms with Gasteiger partial charge in [-0.2, -0.15) is 0 Å². The molecule has 2 amide bonds. The summed E-state index contributed by atoms with van der Waals surface area (Å²) >= 11 is 10.9. The third kappa shape index (κ3) is 4.05. The fourth-order valence-electron chi connectivity index (χ4n) is 3.16. The van der Waals surface area contributed by atoms with Crippen LogP contribution in [0, 0.1) is 0 Å². The van der Waals surface area contributed by atoms with Crippen molar-refractivity contribution in [2.45, 2.75) is 0 Å². The first-order valence-electron chi connectivity index (χ1n) is 9.21. The summed E-state index contributed by atoms with van der Waals surface area (Å²) in [5.74, 6) is -1.17. The van der Waals surface area contributed by atoms with Crippen molar-refractivity contribution in [2.24, 2.45) is 0 Å². The van der Waals surface area contributed by atoms with E-state index in [1.54, 1.807) is 48.5 Å².